The molecule has 2 heterocycles. The summed E-state index contributed by atoms with van der Waals surface area (Å²) in [6, 6.07) is 2.91. The Hall–Kier alpha value is -2.37. The van der Waals surface area contributed by atoms with Gasteiger partial charge in [-0.2, -0.15) is 5.10 Å². The molecule has 1 atom stereocenters. The third-order valence-corrected chi connectivity index (χ3v) is 3.15. The number of amides is 1. The van der Waals surface area contributed by atoms with Gasteiger partial charge in [-0.25, -0.2) is 0 Å². The average molecular weight is 260 g/mol. The van der Waals surface area contributed by atoms with Crippen LogP contribution in [0.5, 0.6) is 0 Å². The second kappa shape index (κ2) is 5.09. The third kappa shape index (κ3) is 2.57. The molecular formula is C13H16N4O2. The predicted octanol–water partition coefficient (Wildman–Crippen LogP) is 0.908. The third-order valence-electron chi connectivity index (χ3n) is 3.15. The van der Waals surface area contributed by atoms with Crippen molar-refractivity contribution in [3.63, 3.8) is 0 Å². The van der Waals surface area contributed by atoms with Crippen molar-refractivity contribution in [1.82, 2.24) is 20.1 Å². The van der Waals surface area contributed by atoms with Crippen LogP contribution in [0.4, 0.5) is 0 Å². The van der Waals surface area contributed by atoms with Gasteiger partial charge in [-0.15, -0.1) is 0 Å². The van der Waals surface area contributed by atoms with Crippen LogP contribution in [0.1, 0.15) is 34.6 Å². The number of hydrogen-bond acceptors (Lipinski definition) is 3. The largest absolute Gasteiger partial charge is 0.345 e. The minimum atomic E-state index is -0.393. The normalized spacial score (nSPS) is 12.2. The molecule has 0 spiro atoms. The predicted molar refractivity (Wildman–Crippen MR) is 70.9 cm³/mol. The second-order valence-corrected chi connectivity index (χ2v) is 4.42. The van der Waals surface area contributed by atoms with Crippen LogP contribution >= 0.6 is 0 Å². The molecule has 100 valence electrons. The molecule has 0 aromatic carbocycles. The Balaban J connectivity index is 2.18. The fourth-order valence-electron chi connectivity index (χ4n) is 1.89. The standard InChI is InChI=1S/C13H16N4O2/c1-8(11-7-15-17(3)9(11)2)16-13(19)10-5-4-6-14-12(10)18/h4-8H,1-3H3,(H,14,18)(H,16,19). The molecule has 2 aromatic rings. The van der Waals surface area contributed by atoms with Crippen molar-refractivity contribution in [2.75, 3.05) is 0 Å². The Morgan fingerprint density at radius 2 is 2.26 bits per heavy atom. The van der Waals surface area contributed by atoms with E-state index in [1.165, 1.54) is 12.3 Å². The number of aryl methyl sites for hydroxylation is 1. The molecular weight excluding hydrogens is 244 g/mol. The lowest BCUT2D eigenvalue weighted by atomic mass is 10.1. The van der Waals surface area contributed by atoms with Crippen molar-refractivity contribution in [3.05, 3.63) is 51.7 Å². The Kier molecular flexibility index (Phi) is 3.50. The van der Waals surface area contributed by atoms with Crippen LogP contribution in [0.2, 0.25) is 0 Å². The first-order valence-corrected chi connectivity index (χ1v) is 5.97. The molecule has 2 N–H and O–H groups in total. The van der Waals surface area contributed by atoms with Crippen LogP contribution in [0.3, 0.4) is 0 Å². The number of carbonyl (C=O) groups is 1. The van der Waals surface area contributed by atoms with Gasteiger partial charge in [0.15, 0.2) is 0 Å². The van der Waals surface area contributed by atoms with E-state index in [0.29, 0.717) is 0 Å². The monoisotopic (exact) mass is 260 g/mol. The van der Waals surface area contributed by atoms with Gasteiger partial charge < -0.3 is 10.3 Å². The number of carbonyl (C=O) groups excluding carboxylic acids is 1. The topological polar surface area (TPSA) is 79.8 Å². The molecule has 0 aliphatic carbocycles. The molecule has 6 nitrogen and oxygen atoms in total. The number of nitrogens with one attached hydrogen (secondary N) is 2. The molecule has 0 radical (unpaired) electrons. The summed E-state index contributed by atoms with van der Waals surface area (Å²) in [5.74, 6) is -0.391. The molecule has 19 heavy (non-hydrogen) atoms. The van der Waals surface area contributed by atoms with Gasteiger partial charge in [0.1, 0.15) is 5.56 Å². The summed E-state index contributed by atoms with van der Waals surface area (Å²) in [5.41, 5.74) is 1.63. The maximum Gasteiger partial charge on any atom is 0.260 e. The number of nitrogens with zero attached hydrogens (tertiary/aromatic N) is 2. The molecule has 1 unspecified atom stereocenters. The van der Waals surface area contributed by atoms with E-state index in [9.17, 15) is 9.59 Å². The molecule has 2 aromatic heterocycles. The minimum absolute atomic E-state index is 0.107. The molecule has 0 saturated heterocycles. The summed E-state index contributed by atoms with van der Waals surface area (Å²) < 4.78 is 1.74. The fraction of sp³-hybridized carbons (Fsp3) is 0.308. The highest BCUT2D eigenvalue weighted by Crippen LogP contribution is 2.16. The van der Waals surface area contributed by atoms with Gasteiger partial charge in [0.2, 0.25) is 0 Å². The van der Waals surface area contributed by atoms with Crippen molar-refractivity contribution in [3.8, 4) is 0 Å². The Bertz CT molecular complexity index is 657. The lowest BCUT2D eigenvalue weighted by molar-refractivity contribution is 0.0938. The number of rotatable bonds is 3. The van der Waals surface area contributed by atoms with E-state index >= 15 is 0 Å². The highest BCUT2D eigenvalue weighted by molar-refractivity contribution is 5.93. The first-order chi connectivity index (χ1) is 9.00. The quantitative estimate of drug-likeness (QED) is 0.860. The van der Waals surface area contributed by atoms with E-state index in [1.54, 1.807) is 16.9 Å². The number of aromatic nitrogens is 3. The summed E-state index contributed by atoms with van der Waals surface area (Å²) in [6.07, 6.45) is 3.21. The SMILES string of the molecule is Cc1c(C(C)NC(=O)c2ccc[nH]c2=O)cnn1C. The number of pyridine rings is 1. The summed E-state index contributed by atoms with van der Waals surface area (Å²) in [7, 11) is 1.84. The van der Waals surface area contributed by atoms with E-state index in [0.717, 1.165) is 11.3 Å². The van der Waals surface area contributed by atoms with E-state index < -0.39 is 11.5 Å². The van der Waals surface area contributed by atoms with E-state index in [2.05, 4.69) is 15.4 Å². The highest BCUT2D eigenvalue weighted by atomic mass is 16.2. The summed E-state index contributed by atoms with van der Waals surface area (Å²) in [5, 5.41) is 6.93. The molecule has 0 saturated carbocycles. The summed E-state index contributed by atoms with van der Waals surface area (Å²) in [4.78, 5) is 26.0. The van der Waals surface area contributed by atoms with Crippen molar-refractivity contribution in [1.29, 1.82) is 0 Å². The molecule has 1 amide bonds. The Morgan fingerprint density at radius 1 is 1.53 bits per heavy atom. The Labute approximate surface area is 110 Å². The Morgan fingerprint density at radius 3 is 2.84 bits per heavy atom. The van der Waals surface area contributed by atoms with Gasteiger partial charge in [0, 0.05) is 24.5 Å². The zero-order valence-electron chi connectivity index (χ0n) is 11.1. The summed E-state index contributed by atoms with van der Waals surface area (Å²) >= 11 is 0. The lowest BCUT2D eigenvalue weighted by Gasteiger charge is -2.13. The van der Waals surface area contributed by atoms with Crippen molar-refractivity contribution >= 4 is 5.91 Å². The fourth-order valence-corrected chi connectivity index (χ4v) is 1.89. The first-order valence-electron chi connectivity index (χ1n) is 5.97. The van der Waals surface area contributed by atoms with Crippen LogP contribution in [0, 0.1) is 6.92 Å². The van der Waals surface area contributed by atoms with Crippen LogP contribution in [-0.4, -0.2) is 20.7 Å². The van der Waals surface area contributed by atoms with Crippen molar-refractivity contribution in [2.24, 2.45) is 7.05 Å². The minimum Gasteiger partial charge on any atom is -0.345 e. The molecule has 6 heteroatoms. The zero-order valence-corrected chi connectivity index (χ0v) is 11.1. The van der Waals surface area contributed by atoms with Gasteiger partial charge in [-0.1, -0.05) is 0 Å². The van der Waals surface area contributed by atoms with Crippen LogP contribution in [0.25, 0.3) is 0 Å². The van der Waals surface area contributed by atoms with Gasteiger partial charge in [0.25, 0.3) is 11.5 Å². The molecule has 0 aliphatic rings. The first kappa shape index (κ1) is 13.1. The van der Waals surface area contributed by atoms with Crippen LogP contribution in [0.15, 0.2) is 29.3 Å². The van der Waals surface area contributed by atoms with Gasteiger partial charge in [0.05, 0.1) is 12.2 Å². The number of hydrogen-bond donors (Lipinski definition) is 2. The number of H-pyrrole nitrogens is 1. The van der Waals surface area contributed by atoms with Crippen molar-refractivity contribution < 1.29 is 4.79 Å². The van der Waals surface area contributed by atoms with Crippen LogP contribution < -0.4 is 10.9 Å². The number of aromatic amines is 1. The van der Waals surface area contributed by atoms with Gasteiger partial charge in [-0.3, -0.25) is 14.3 Å². The van der Waals surface area contributed by atoms with E-state index in [1.807, 2.05) is 20.9 Å². The molecule has 0 bridgehead atoms. The smallest absolute Gasteiger partial charge is 0.260 e. The van der Waals surface area contributed by atoms with Crippen molar-refractivity contribution in [2.45, 2.75) is 19.9 Å². The maximum absolute atomic E-state index is 12.0. The summed E-state index contributed by atoms with van der Waals surface area (Å²) in [6.45, 7) is 3.79. The second-order valence-electron chi connectivity index (χ2n) is 4.42. The zero-order chi connectivity index (χ0) is 14.0. The van der Waals surface area contributed by atoms with Crippen LogP contribution in [-0.2, 0) is 7.05 Å². The van der Waals surface area contributed by atoms with E-state index in [-0.39, 0.29) is 11.6 Å². The molecule has 0 aliphatic heterocycles. The average Bonchev–Trinajstić information content (AvgIpc) is 2.70. The van der Waals surface area contributed by atoms with Gasteiger partial charge in [-0.05, 0) is 26.0 Å². The van der Waals surface area contributed by atoms with Gasteiger partial charge >= 0.3 is 0 Å². The van der Waals surface area contributed by atoms with E-state index in [4.69, 9.17) is 0 Å². The maximum atomic E-state index is 12.0. The lowest BCUT2D eigenvalue weighted by Crippen LogP contribution is -2.31. The highest BCUT2D eigenvalue weighted by Gasteiger charge is 2.17. The molecule has 0 fully saturated rings. The molecule has 2 rings (SSSR count).